The van der Waals surface area contributed by atoms with Crippen LogP contribution in [0.4, 0.5) is 0 Å². The number of hydrogen-bond donors (Lipinski definition) is 0. The quantitative estimate of drug-likeness (QED) is 0.743. The first-order chi connectivity index (χ1) is 13.6. The molecule has 0 saturated carbocycles. The van der Waals surface area contributed by atoms with E-state index in [1.807, 2.05) is 52.0 Å². The van der Waals surface area contributed by atoms with Gasteiger partial charge >= 0.3 is 0 Å². The molecule has 0 atom stereocenters. The maximum atomic E-state index is 13.2. The summed E-state index contributed by atoms with van der Waals surface area (Å²) in [4.78, 5) is 13.2. The van der Waals surface area contributed by atoms with Gasteiger partial charge in [-0.05, 0) is 56.5 Å². The van der Waals surface area contributed by atoms with Crippen molar-refractivity contribution in [2.75, 3.05) is 13.1 Å². The van der Waals surface area contributed by atoms with E-state index in [4.69, 9.17) is 4.74 Å². The molecule has 0 bridgehead atoms. The second kappa shape index (κ2) is 6.96. The molecule has 5 nitrogen and oxygen atoms in total. The van der Waals surface area contributed by atoms with Crippen LogP contribution in [-0.2, 0) is 10.0 Å². The Morgan fingerprint density at radius 3 is 2.24 bits per heavy atom. The van der Waals surface area contributed by atoms with E-state index in [2.05, 4.69) is 0 Å². The lowest BCUT2D eigenvalue weighted by molar-refractivity contribution is 0.00577. The normalized spacial score (nSPS) is 19.1. The number of Topliss-reactive ketones (excluding diaryl/α,β-unsaturated/α-hetero) is 1. The van der Waals surface area contributed by atoms with Crippen LogP contribution in [0.1, 0.15) is 51.9 Å². The van der Waals surface area contributed by atoms with Crippen LogP contribution in [0.2, 0.25) is 0 Å². The van der Waals surface area contributed by atoms with Gasteiger partial charge in [0.25, 0.3) is 0 Å². The van der Waals surface area contributed by atoms with Crippen LogP contribution in [-0.4, -0.2) is 37.2 Å². The Balaban J connectivity index is 1.57. The summed E-state index contributed by atoms with van der Waals surface area (Å²) in [5.41, 5.74) is 3.85. The molecule has 0 aliphatic carbocycles. The Morgan fingerprint density at radius 1 is 0.931 bits per heavy atom. The number of carbonyl (C=O) groups excluding carboxylic acids is 1. The summed E-state index contributed by atoms with van der Waals surface area (Å²) in [5.74, 6) is 0.735. The van der Waals surface area contributed by atoms with E-state index in [-0.39, 0.29) is 5.78 Å². The van der Waals surface area contributed by atoms with Gasteiger partial charge in [0.15, 0.2) is 5.78 Å². The number of fused-ring (bicyclic) bond motifs is 1. The van der Waals surface area contributed by atoms with Gasteiger partial charge in [0, 0.05) is 25.9 Å². The van der Waals surface area contributed by atoms with Crippen molar-refractivity contribution in [1.29, 1.82) is 0 Å². The van der Waals surface area contributed by atoms with Gasteiger partial charge in [-0.3, -0.25) is 4.79 Å². The van der Waals surface area contributed by atoms with Crippen molar-refractivity contribution < 1.29 is 17.9 Å². The number of piperidine rings is 1. The van der Waals surface area contributed by atoms with Crippen molar-refractivity contribution in [3.05, 3.63) is 58.1 Å². The lowest BCUT2D eigenvalue weighted by Crippen LogP contribution is -2.52. The molecule has 0 radical (unpaired) electrons. The number of nitrogens with zero attached hydrogens (tertiary/aromatic N) is 1. The first kappa shape index (κ1) is 20.1. The van der Waals surface area contributed by atoms with Gasteiger partial charge in [-0.15, -0.1) is 0 Å². The third-order valence-electron chi connectivity index (χ3n) is 6.11. The summed E-state index contributed by atoms with van der Waals surface area (Å²) in [6.07, 6.45) is 1.33. The second-order valence-corrected chi connectivity index (χ2v) is 10.4. The molecule has 0 unspecified atom stereocenters. The molecule has 2 heterocycles. The van der Waals surface area contributed by atoms with Crippen LogP contribution in [0.5, 0.6) is 5.75 Å². The average molecular weight is 414 g/mol. The standard InChI is InChI=1S/C23H27NO4S/c1-15-5-6-21(17(3)11-15)29(26,27)24-9-7-23(8-10-24)14-19(25)22-18(4)12-16(2)13-20(22)28-23/h5-6,11-13H,7-10,14H2,1-4H3. The molecule has 2 aromatic rings. The second-order valence-electron chi connectivity index (χ2n) is 8.51. The highest BCUT2D eigenvalue weighted by molar-refractivity contribution is 7.89. The number of ether oxygens (including phenoxy) is 1. The number of carbonyl (C=O) groups is 1. The van der Waals surface area contributed by atoms with Crippen LogP contribution in [0.15, 0.2) is 35.2 Å². The number of ketones is 1. The van der Waals surface area contributed by atoms with Gasteiger partial charge in [0.2, 0.25) is 10.0 Å². The third-order valence-corrected chi connectivity index (χ3v) is 8.17. The predicted octanol–water partition coefficient (Wildman–Crippen LogP) is 4.11. The molecule has 2 aromatic carbocycles. The summed E-state index contributed by atoms with van der Waals surface area (Å²) >= 11 is 0. The summed E-state index contributed by atoms with van der Waals surface area (Å²) in [5, 5.41) is 0. The molecule has 0 aromatic heterocycles. The Kier molecular flexibility index (Phi) is 4.82. The number of aryl methyl sites for hydroxylation is 4. The molecule has 0 N–H and O–H groups in total. The topological polar surface area (TPSA) is 63.7 Å². The van der Waals surface area contributed by atoms with Crippen LogP contribution in [0.3, 0.4) is 0 Å². The van der Waals surface area contributed by atoms with E-state index >= 15 is 0 Å². The molecule has 2 aliphatic rings. The van der Waals surface area contributed by atoms with Crippen molar-refractivity contribution in [3.63, 3.8) is 0 Å². The Labute approximate surface area is 172 Å². The first-order valence-electron chi connectivity index (χ1n) is 10.0. The highest BCUT2D eigenvalue weighted by Crippen LogP contribution is 2.41. The van der Waals surface area contributed by atoms with Gasteiger partial charge in [0.05, 0.1) is 16.9 Å². The summed E-state index contributed by atoms with van der Waals surface area (Å²) in [7, 11) is -3.56. The summed E-state index contributed by atoms with van der Waals surface area (Å²) in [6.45, 7) is 8.40. The fourth-order valence-electron chi connectivity index (χ4n) is 4.66. The fraction of sp³-hybridized carbons (Fsp3) is 0.435. The lowest BCUT2D eigenvalue weighted by atomic mass is 9.82. The molecule has 4 rings (SSSR count). The summed E-state index contributed by atoms with van der Waals surface area (Å²) in [6, 6.07) is 9.32. The summed E-state index contributed by atoms with van der Waals surface area (Å²) < 4.78 is 34.2. The van der Waals surface area contributed by atoms with Crippen LogP contribution in [0, 0.1) is 27.7 Å². The molecular weight excluding hydrogens is 386 g/mol. The minimum atomic E-state index is -3.56. The van der Waals surface area contributed by atoms with Crippen molar-refractivity contribution in [2.45, 2.75) is 57.5 Å². The minimum absolute atomic E-state index is 0.0921. The zero-order chi connectivity index (χ0) is 21.0. The maximum absolute atomic E-state index is 13.2. The zero-order valence-corrected chi connectivity index (χ0v) is 18.2. The minimum Gasteiger partial charge on any atom is -0.486 e. The predicted molar refractivity (Wildman–Crippen MR) is 112 cm³/mol. The van der Waals surface area contributed by atoms with Gasteiger partial charge < -0.3 is 4.74 Å². The van der Waals surface area contributed by atoms with Crippen molar-refractivity contribution >= 4 is 15.8 Å². The maximum Gasteiger partial charge on any atom is 0.243 e. The zero-order valence-electron chi connectivity index (χ0n) is 17.4. The van der Waals surface area contributed by atoms with Gasteiger partial charge in [-0.1, -0.05) is 23.8 Å². The van der Waals surface area contributed by atoms with E-state index in [0.717, 1.165) is 22.3 Å². The van der Waals surface area contributed by atoms with E-state index in [1.54, 1.807) is 6.07 Å². The van der Waals surface area contributed by atoms with Crippen LogP contribution >= 0.6 is 0 Å². The van der Waals surface area contributed by atoms with Crippen molar-refractivity contribution in [2.24, 2.45) is 0 Å². The smallest absolute Gasteiger partial charge is 0.243 e. The van der Waals surface area contributed by atoms with Crippen molar-refractivity contribution in [3.8, 4) is 5.75 Å². The number of benzene rings is 2. The number of hydrogen-bond acceptors (Lipinski definition) is 4. The van der Waals surface area contributed by atoms with E-state index in [9.17, 15) is 13.2 Å². The largest absolute Gasteiger partial charge is 0.486 e. The monoisotopic (exact) mass is 413 g/mol. The lowest BCUT2D eigenvalue weighted by Gasteiger charge is -2.43. The third kappa shape index (κ3) is 3.49. The molecule has 6 heteroatoms. The van der Waals surface area contributed by atoms with E-state index < -0.39 is 15.6 Å². The molecule has 1 spiro atoms. The van der Waals surface area contributed by atoms with Crippen molar-refractivity contribution in [1.82, 2.24) is 4.31 Å². The number of sulfonamides is 1. The molecule has 29 heavy (non-hydrogen) atoms. The highest BCUT2D eigenvalue weighted by atomic mass is 32.2. The molecule has 1 fully saturated rings. The Morgan fingerprint density at radius 2 is 1.59 bits per heavy atom. The van der Waals surface area contributed by atoms with Gasteiger partial charge in [-0.25, -0.2) is 8.42 Å². The average Bonchev–Trinajstić information content (AvgIpc) is 2.60. The molecule has 1 saturated heterocycles. The SMILES string of the molecule is Cc1ccc(S(=O)(=O)N2CCC3(CC2)CC(=O)c2c(C)cc(C)cc2O3)c(C)c1. The first-order valence-corrected chi connectivity index (χ1v) is 11.5. The number of rotatable bonds is 2. The van der Waals surface area contributed by atoms with E-state index in [1.165, 1.54) is 4.31 Å². The Hall–Kier alpha value is -2.18. The van der Waals surface area contributed by atoms with E-state index in [0.29, 0.717) is 48.6 Å². The molecule has 154 valence electrons. The van der Waals surface area contributed by atoms with Crippen LogP contribution < -0.4 is 4.74 Å². The Bertz CT molecular complexity index is 1100. The van der Waals surface area contributed by atoms with Gasteiger partial charge in [-0.2, -0.15) is 4.31 Å². The fourth-order valence-corrected chi connectivity index (χ4v) is 6.30. The molecule has 0 amide bonds. The molecule has 2 aliphatic heterocycles. The molecular formula is C23H27NO4S. The van der Waals surface area contributed by atoms with Crippen LogP contribution in [0.25, 0.3) is 0 Å². The highest BCUT2D eigenvalue weighted by Gasteiger charge is 2.45. The van der Waals surface area contributed by atoms with Gasteiger partial charge in [0.1, 0.15) is 11.4 Å².